The third-order valence-corrected chi connectivity index (χ3v) is 5.68. The molecule has 0 radical (unpaired) electrons. The van der Waals surface area contributed by atoms with Crippen LogP contribution in [-0.4, -0.2) is 63.7 Å². The molecular weight excluding hydrogens is 342 g/mol. The number of amides is 1. The molecule has 25 heavy (non-hydrogen) atoms. The molecule has 0 aliphatic carbocycles. The predicted molar refractivity (Wildman–Crippen MR) is 92.3 cm³/mol. The van der Waals surface area contributed by atoms with E-state index in [1.165, 1.54) is 10.6 Å². The topological polar surface area (TPSA) is 88.4 Å². The Bertz CT molecular complexity index is 853. The van der Waals surface area contributed by atoms with Gasteiger partial charge in [-0.2, -0.15) is 9.40 Å². The smallest absolute Gasteiger partial charge is 0.274 e. The largest absolute Gasteiger partial charge is 0.334 e. The number of pyridine rings is 1. The number of hydrogen-bond donors (Lipinski definition) is 0. The van der Waals surface area contributed by atoms with E-state index in [4.69, 9.17) is 0 Å². The highest BCUT2D eigenvalue weighted by atomic mass is 32.2. The quantitative estimate of drug-likeness (QED) is 0.768. The van der Waals surface area contributed by atoms with Crippen LogP contribution in [0, 0.1) is 6.92 Å². The Balaban J connectivity index is 1.68. The zero-order chi connectivity index (χ0) is 18.2. The van der Waals surface area contributed by atoms with Crippen LogP contribution in [0.2, 0.25) is 0 Å². The molecule has 0 bridgehead atoms. The second-order valence-corrected chi connectivity index (χ2v) is 8.26. The molecule has 1 fully saturated rings. The standard InChI is InChI=1S/C16H21N5O3S/c1-12-8-15(18-19(12)2)16(22)20-10-14(11-20)21(25(3,23)24)9-13-4-6-17-7-5-13/h4-8,14H,9-11H2,1-3H3. The molecule has 1 aliphatic rings. The number of nitrogens with zero attached hydrogens (tertiary/aromatic N) is 5. The SMILES string of the molecule is Cc1cc(C(=O)N2CC(N(Cc3ccncc3)S(C)(=O)=O)C2)nn1C. The van der Waals surface area contributed by atoms with Crippen LogP contribution in [-0.2, 0) is 23.6 Å². The first-order chi connectivity index (χ1) is 11.8. The van der Waals surface area contributed by atoms with Crippen molar-refractivity contribution >= 4 is 15.9 Å². The van der Waals surface area contributed by atoms with Crippen molar-refractivity contribution in [3.63, 3.8) is 0 Å². The average molecular weight is 363 g/mol. The maximum atomic E-state index is 12.4. The third kappa shape index (κ3) is 3.72. The Hall–Kier alpha value is -2.26. The number of hydrogen-bond acceptors (Lipinski definition) is 5. The highest BCUT2D eigenvalue weighted by molar-refractivity contribution is 7.88. The highest BCUT2D eigenvalue weighted by Gasteiger charge is 2.39. The van der Waals surface area contributed by atoms with Crippen LogP contribution in [0.15, 0.2) is 30.6 Å². The van der Waals surface area contributed by atoms with Crippen LogP contribution in [0.1, 0.15) is 21.7 Å². The van der Waals surface area contributed by atoms with Crippen LogP contribution in [0.3, 0.4) is 0 Å². The summed E-state index contributed by atoms with van der Waals surface area (Å²) in [5.41, 5.74) is 2.15. The molecule has 2 aromatic heterocycles. The summed E-state index contributed by atoms with van der Waals surface area (Å²) >= 11 is 0. The van der Waals surface area contributed by atoms with Crippen LogP contribution >= 0.6 is 0 Å². The lowest BCUT2D eigenvalue weighted by Gasteiger charge is -2.44. The number of sulfonamides is 1. The molecule has 0 atom stereocenters. The molecule has 9 heteroatoms. The van der Waals surface area contributed by atoms with Crippen molar-refractivity contribution in [1.29, 1.82) is 0 Å². The van der Waals surface area contributed by atoms with Crippen molar-refractivity contribution in [3.05, 3.63) is 47.5 Å². The van der Waals surface area contributed by atoms with Gasteiger partial charge in [0.25, 0.3) is 5.91 Å². The minimum atomic E-state index is -3.38. The van der Waals surface area contributed by atoms with E-state index in [1.807, 2.05) is 6.92 Å². The van der Waals surface area contributed by atoms with Crippen molar-refractivity contribution in [1.82, 2.24) is 24.0 Å². The summed E-state index contributed by atoms with van der Waals surface area (Å²) in [6.07, 6.45) is 4.46. The number of aryl methyl sites for hydroxylation is 2. The monoisotopic (exact) mass is 363 g/mol. The lowest BCUT2D eigenvalue weighted by atomic mass is 10.1. The van der Waals surface area contributed by atoms with Gasteiger partial charge in [0.1, 0.15) is 0 Å². The number of aromatic nitrogens is 3. The molecule has 1 amide bonds. The normalized spacial score (nSPS) is 15.4. The van der Waals surface area contributed by atoms with Crippen LogP contribution in [0.4, 0.5) is 0 Å². The molecule has 1 aliphatic heterocycles. The van der Waals surface area contributed by atoms with E-state index in [1.54, 1.807) is 47.2 Å². The fourth-order valence-corrected chi connectivity index (χ4v) is 3.87. The van der Waals surface area contributed by atoms with Gasteiger partial charge in [-0.1, -0.05) is 0 Å². The van der Waals surface area contributed by atoms with Crippen molar-refractivity contribution in [2.45, 2.75) is 19.5 Å². The number of carbonyl (C=O) groups is 1. The minimum absolute atomic E-state index is 0.169. The summed E-state index contributed by atoms with van der Waals surface area (Å²) < 4.78 is 27.4. The lowest BCUT2D eigenvalue weighted by Crippen LogP contribution is -2.61. The van der Waals surface area contributed by atoms with E-state index in [9.17, 15) is 13.2 Å². The zero-order valence-electron chi connectivity index (χ0n) is 14.5. The van der Waals surface area contributed by atoms with Gasteiger partial charge < -0.3 is 4.90 Å². The van der Waals surface area contributed by atoms with Crippen molar-refractivity contribution in [3.8, 4) is 0 Å². The maximum absolute atomic E-state index is 12.4. The Morgan fingerprint density at radius 2 is 1.96 bits per heavy atom. The van der Waals surface area contributed by atoms with E-state index < -0.39 is 10.0 Å². The summed E-state index contributed by atoms with van der Waals surface area (Å²) in [6.45, 7) is 2.89. The van der Waals surface area contributed by atoms with Gasteiger partial charge in [0.15, 0.2) is 5.69 Å². The molecular formula is C16H21N5O3S. The first kappa shape index (κ1) is 17.6. The third-order valence-electron chi connectivity index (χ3n) is 4.40. The summed E-state index contributed by atoms with van der Waals surface area (Å²) in [6, 6.07) is 5.09. The number of carbonyl (C=O) groups excluding carboxylic acids is 1. The van der Waals surface area contributed by atoms with Gasteiger partial charge in [0, 0.05) is 44.8 Å². The summed E-state index contributed by atoms with van der Waals surface area (Å²) in [5, 5.41) is 4.19. The number of rotatable bonds is 5. The Morgan fingerprint density at radius 3 is 2.48 bits per heavy atom. The van der Waals surface area contributed by atoms with Gasteiger partial charge >= 0.3 is 0 Å². The first-order valence-electron chi connectivity index (χ1n) is 7.91. The molecule has 1 saturated heterocycles. The summed E-state index contributed by atoms with van der Waals surface area (Å²) in [7, 11) is -1.60. The van der Waals surface area contributed by atoms with E-state index in [2.05, 4.69) is 10.1 Å². The number of likely N-dealkylation sites (tertiary alicyclic amines) is 1. The second kappa shape index (κ2) is 6.57. The molecule has 2 aromatic rings. The zero-order valence-corrected chi connectivity index (χ0v) is 15.3. The average Bonchev–Trinajstić information content (AvgIpc) is 2.84. The van der Waals surface area contributed by atoms with Crippen molar-refractivity contribution in [2.24, 2.45) is 7.05 Å². The van der Waals surface area contributed by atoms with Gasteiger partial charge in [-0.3, -0.25) is 14.5 Å². The highest BCUT2D eigenvalue weighted by Crippen LogP contribution is 2.22. The predicted octanol–water partition coefficient (Wildman–Crippen LogP) is 0.410. The van der Waals surface area contributed by atoms with Gasteiger partial charge in [0.05, 0.1) is 12.3 Å². The van der Waals surface area contributed by atoms with Gasteiger partial charge in [-0.15, -0.1) is 0 Å². The molecule has 0 N–H and O–H groups in total. The molecule has 3 heterocycles. The van der Waals surface area contributed by atoms with E-state index in [-0.39, 0.29) is 18.5 Å². The fourth-order valence-electron chi connectivity index (χ4n) is 2.82. The first-order valence-corrected chi connectivity index (χ1v) is 9.76. The van der Waals surface area contributed by atoms with Crippen LogP contribution in [0.5, 0.6) is 0 Å². The van der Waals surface area contributed by atoms with Gasteiger partial charge in [0.2, 0.25) is 10.0 Å². The van der Waals surface area contributed by atoms with E-state index in [0.717, 1.165) is 11.3 Å². The fraction of sp³-hybridized carbons (Fsp3) is 0.438. The summed E-state index contributed by atoms with van der Waals surface area (Å²) in [4.78, 5) is 18.0. The maximum Gasteiger partial charge on any atom is 0.274 e. The lowest BCUT2D eigenvalue weighted by molar-refractivity contribution is 0.0437. The van der Waals surface area contributed by atoms with E-state index in [0.29, 0.717) is 18.8 Å². The molecule has 0 unspecified atom stereocenters. The molecule has 3 rings (SSSR count). The van der Waals surface area contributed by atoms with Crippen molar-refractivity contribution < 1.29 is 13.2 Å². The van der Waals surface area contributed by atoms with Crippen molar-refractivity contribution in [2.75, 3.05) is 19.3 Å². The van der Waals surface area contributed by atoms with Crippen LogP contribution in [0.25, 0.3) is 0 Å². The molecule has 0 aromatic carbocycles. The molecule has 8 nitrogen and oxygen atoms in total. The molecule has 134 valence electrons. The molecule has 0 spiro atoms. The minimum Gasteiger partial charge on any atom is -0.334 e. The molecule has 0 saturated carbocycles. The second-order valence-electron chi connectivity index (χ2n) is 6.32. The summed E-state index contributed by atoms with van der Waals surface area (Å²) in [5.74, 6) is -0.169. The van der Waals surface area contributed by atoms with E-state index >= 15 is 0 Å². The van der Waals surface area contributed by atoms with Gasteiger partial charge in [-0.25, -0.2) is 8.42 Å². The van der Waals surface area contributed by atoms with Crippen LogP contribution < -0.4 is 0 Å². The Kier molecular flexibility index (Phi) is 4.61. The Morgan fingerprint density at radius 1 is 1.32 bits per heavy atom. The Labute approximate surface area is 147 Å². The van der Waals surface area contributed by atoms with Gasteiger partial charge in [-0.05, 0) is 30.7 Å².